The Bertz CT molecular complexity index is 581. The van der Waals surface area contributed by atoms with Crippen LogP contribution in [-0.4, -0.2) is 37.7 Å². The normalized spacial score (nSPS) is 22.0. The van der Waals surface area contributed by atoms with Crippen LogP contribution in [0.25, 0.3) is 10.8 Å². The van der Waals surface area contributed by atoms with Crippen molar-refractivity contribution in [2.45, 2.75) is 12.1 Å². The number of hydrogen-bond donors (Lipinski definition) is 2. The first-order chi connectivity index (χ1) is 9.79. The molecule has 0 saturated carbocycles. The summed E-state index contributed by atoms with van der Waals surface area (Å²) in [7, 11) is 2.12. The second-order valence-corrected chi connectivity index (χ2v) is 5.38. The van der Waals surface area contributed by atoms with Gasteiger partial charge in [-0.05, 0) is 23.4 Å². The van der Waals surface area contributed by atoms with Crippen LogP contribution in [0.15, 0.2) is 42.5 Å². The minimum absolute atomic E-state index is 0.00356. The third-order valence-corrected chi connectivity index (χ3v) is 4.01. The van der Waals surface area contributed by atoms with Crippen LogP contribution in [0.2, 0.25) is 0 Å². The lowest BCUT2D eigenvalue weighted by Crippen LogP contribution is -2.48. The lowest BCUT2D eigenvalue weighted by molar-refractivity contribution is -0.0390. The van der Waals surface area contributed by atoms with Gasteiger partial charge in [0.2, 0.25) is 0 Å². The minimum Gasteiger partial charge on any atom is -0.374 e. The average Bonchev–Trinajstić information content (AvgIpc) is 2.48. The highest BCUT2D eigenvalue weighted by molar-refractivity contribution is 5.86. The van der Waals surface area contributed by atoms with Crippen molar-refractivity contribution in [3.8, 4) is 0 Å². The summed E-state index contributed by atoms with van der Waals surface area (Å²) in [4.78, 5) is 2.28. The highest BCUT2D eigenvalue weighted by Gasteiger charge is 2.28. The number of likely N-dealkylation sites (N-methyl/N-ethyl adjacent to an activating group) is 1. The Morgan fingerprint density at radius 3 is 2.85 bits per heavy atom. The predicted molar refractivity (Wildman–Crippen MR) is 81.2 cm³/mol. The molecule has 1 fully saturated rings. The van der Waals surface area contributed by atoms with Gasteiger partial charge in [-0.2, -0.15) is 0 Å². The average molecular weight is 271 g/mol. The largest absolute Gasteiger partial charge is 0.374 e. The van der Waals surface area contributed by atoms with Crippen molar-refractivity contribution in [2.24, 2.45) is 5.84 Å². The molecule has 3 rings (SSSR count). The van der Waals surface area contributed by atoms with Crippen molar-refractivity contribution >= 4 is 10.8 Å². The highest BCUT2D eigenvalue weighted by Crippen LogP contribution is 2.28. The summed E-state index contributed by atoms with van der Waals surface area (Å²) in [6.07, 6.45) is 0.0737. The van der Waals surface area contributed by atoms with E-state index in [0.717, 1.165) is 19.7 Å². The summed E-state index contributed by atoms with van der Waals surface area (Å²) in [6.45, 7) is 2.62. The molecule has 1 aliphatic rings. The number of nitrogens with one attached hydrogen (secondary N) is 1. The fourth-order valence-electron chi connectivity index (χ4n) is 2.93. The Hall–Kier alpha value is -1.46. The second kappa shape index (κ2) is 5.89. The number of hydrazine groups is 1. The Balaban J connectivity index is 1.98. The van der Waals surface area contributed by atoms with Crippen molar-refractivity contribution in [3.05, 3.63) is 48.0 Å². The molecule has 0 bridgehead atoms. The molecule has 2 aromatic rings. The third-order valence-electron chi connectivity index (χ3n) is 4.01. The van der Waals surface area contributed by atoms with Crippen molar-refractivity contribution in [2.75, 3.05) is 26.7 Å². The van der Waals surface area contributed by atoms with Gasteiger partial charge in [0.05, 0.1) is 18.8 Å². The van der Waals surface area contributed by atoms with Crippen molar-refractivity contribution in [1.29, 1.82) is 0 Å². The van der Waals surface area contributed by atoms with E-state index in [-0.39, 0.29) is 12.1 Å². The fourth-order valence-corrected chi connectivity index (χ4v) is 2.93. The zero-order valence-corrected chi connectivity index (χ0v) is 11.8. The summed E-state index contributed by atoms with van der Waals surface area (Å²) in [5.41, 5.74) is 4.15. The number of nitrogens with two attached hydrogens (primary N) is 1. The lowest BCUT2D eigenvalue weighted by atomic mass is 9.95. The first-order valence-corrected chi connectivity index (χ1v) is 7.03. The molecule has 0 amide bonds. The van der Waals surface area contributed by atoms with E-state index in [1.165, 1.54) is 16.3 Å². The summed E-state index contributed by atoms with van der Waals surface area (Å²) < 4.78 is 5.92. The molecule has 20 heavy (non-hydrogen) atoms. The van der Waals surface area contributed by atoms with Gasteiger partial charge in [0.1, 0.15) is 0 Å². The van der Waals surface area contributed by atoms with Crippen LogP contribution >= 0.6 is 0 Å². The first kappa shape index (κ1) is 13.5. The quantitative estimate of drug-likeness (QED) is 0.659. The summed E-state index contributed by atoms with van der Waals surface area (Å²) in [5.74, 6) is 5.82. The van der Waals surface area contributed by atoms with E-state index < -0.39 is 0 Å². The van der Waals surface area contributed by atoms with E-state index in [0.29, 0.717) is 0 Å². The van der Waals surface area contributed by atoms with Gasteiger partial charge in [0.25, 0.3) is 0 Å². The van der Waals surface area contributed by atoms with Crippen LogP contribution in [-0.2, 0) is 4.74 Å². The summed E-state index contributed by atoms with van der Waals surface area (Å²) >= 11 is 0. The molecule has 0 aromatic heterocycles. The van der Waals surface area contributed by atoms with Crippen LogP contribution in [0.1, 0.15) is 11.6 Å². The molecule has 0 spiro atoms. The van der Waals surface area contributed by atoms with Crippen LogP contribution < -0.4 is 11.3 Å². The van der Waals surface area contributed by atoms with Crippen molar-refractivity contribution in [3.63, 3.8) is 0 Å². The lowest BCUT2D eigenvalue weighted by Gasteiger charge is -2.35. The van der Waals surface area contributed by atoms with E-state index in [1.54, 1.807) is 0 Å². The van der Waals surface area contributed by atoms with Crippen LogP contribution in [0.3, 0.4) is 0 Å². The van der Waals surface area contributed by atoms with Gasteiger partial charge in [-0.15, -0.1) is 0 Å². The fraction of sp³-hybridized carbons (Fsp3) is 0.375. The second-order valence-electron chi connectivity index (χ2n) is 5.38. The molecule has 0 radical (unpaired) electrons. The Morgan fingerprint density at radius 1 is 1.25 bits per heavy atom. The molecule has 3 N–H and O–H groups in total. The number of hydrogen-bond acceptors (Lipinski definition) is 4. The molecule has 2 atom stereocenters. The molecular weight excluding hydrogens is 250 g/mol. The monoisotopic (exact) mass is 271 g/mol. The molecule has 2 aromatic carbocycles. The predicted octanol–water partition coefficient (Wildman–Crippen LogP) is 1.67. The van der Waals surface area contributed by atoms with E-state index in [4.69, 9.17) is 10.6 Å². The maximum absolute atomic E-state index is 5.92. The van der Waals surface area contributed by atoms with Gasteiger partial charge in [0, 0.05) is 13.1 Å². The molecular formula is C16H21N3O. The number of ether oxygens (including phenoxy) is 1. The maximum Gasteiger partial charge on any atom is 0.0909 e. The molecule has 2 unspecified atom stereocenters. The van der Waals surface area contributed by atoms with E-state index >= 15 is 0 Å². The first-order valence-electron chi connectivity index (χ1n) is 7.03. The SMILES string of the molecule is CN1CCOC(C(NN)c2cccc3ccccc23)C1. The Kier molecular flexibility index (Phi) is 3.98. The van der Waals surface area contributed by atoms with Gasteiger partial charge in [0.15, 0.2) is 0 Å². The molecule has 106 valence electrons. The Labute approximate surface area is 119 Å². The minimum atomic E-state index is 0.00356. The standard InChI is InChI=1S/C16H21N3O/c1-19-9-10-20-15(11-19)16(18-17)14-8-4-6-12-5-2-3-7-13(12)14/h2-8,15-16,18H,9-11,17H2,1H3. The van der Waals surface area contributed by atoms with E-state index in [9.17, 15) is 0 Å². The molecule has 4 nitrogen and oxygen atoms in total. The zero-order valence-electron chi connectivity index (χ0n) is 11.8. The van der Waals surface area contributed by atoms with Crippen LogP contribution in [0, 0.1) is 0 Å². The number of rotatable bonds is 3. The van der Waals surface area contributed by atoms with Gasteiger partial charge < -0.3 is 9.64 Å². The van der Waals surface area contributed by atoms with Crippen LogP contribution in [0.5, 0.6) is 0 Å². The number of morpholine rings is 1. The third kappa shape index (κ3) is 2.55. The molecule has 0 aliphatic carbocycles. The van der Waals surface area contributed by atoms with Gasteiger partial charge in [-0.25, -0.2) is 0 Å². The van der Waals surface area contributed by atoms with Gasteiger partial charge in [-0.3, -0.25) is 11.3 Å². The Morgan fingerprint density at radius 2 is 2.05 bits per heavy atom. The smallest absolute Gasteiger partial charge is 0.0909 e. The van der Waals surface area contributed by atoms with Crippen molar-refractivity contribution < 1.29 is 4.74 Å². The zero-order chi connectivity index (χ0) is 13.9. The molecule has 1 saturated heterocycles. The van der Waals surface area contributed by atoms with Crippen LogP contribution in [0.4, 0.5) is 0 Å². The van der Waals surface area contributed by atoms with Crippen molar-refractivity contribution in [1.82, 2.24) is 10.3 Å². The highest BCUT2D eigenvalue weighted by atomic mass is 16.5. The topological polar surface area (TPSA) is 50.5 Å². The molecule has 1 aliphatic heterocycles. The van der Waals surface area contributed by atoms with E-state index in [2.05, 4.69) is 59.8 Å². The van der Waals surface area contributed by atoms with E-state index in [1.807, 2.05) is 0 Å². The molecule has 4 heteroatoms. The molecule has 1 heterocycles. The summed E-state index contributed by atoms with van der Waals surface area (Å²) in [5, 5.41) is 2.46. The number of nitrogens with zero attached hydrogens (tertiary/aromatic N) is 1. The number of benzene rings is 2. The summed E-state index contributed by atoms with van der Waals surface area (Å²) in [6, 6.07) is 14.7. The number of fused-ring (bicyclic) bond motifs is 1. The van der Waals surface area contributed by atoms with Gasteiger partial charge in [-0.1, -0.05) is 42.5 Å². The van der Waals surface area contributed by atoms with Gasteiger partial charge >= 0.3 is 0 Å². The maximum atomic E-state index is 5.92.